The molecule has 0 unspecified atom stereocenters. The van der Waals surface area contributed by atoms with E-state index in [1.807, 2.05) is 12.1 Å². The number of ether oxygens (including phenoxy) is 1. The number of nitrogens with zero attached hydrogens (tertiary/aromatic N) is 1. The van der Waals surface area contributed by atoms with E-state index in [1.54, 1.807) is 12.1 Å². The fraction of sp³-hybridized carbons (Fsp3) is 0.417. The second-order valence-electron chi connectivity index (χ2n) is 4.17. The molecule has 0 radical (unpaired) electrons. The fourth-order valence-electron chi connectivity index (χ4n) is 1.74. The quantitative estimate of drug-likeness (QED) is 0.769. The SMILES string of the molecule is O=C(COc1cccc(I)c1)N1CCC(F)(F)C1. The fourth-order valence-corrected chi connectivity index (χ4v) is 2.26. The Labute approximate surface area is 117 Å². The molecular formula is C12H12F2INO2. The number of benzene rings is 1. The summed E-state index contributed by atoms with van der Waals surface area (Å²) in [6, 6.07) is 7.22. The topological polar surface area (TPSA) is 29.5 Å². The van der Waals surface area contributed by atoms with Gasteiger partial charge in [-0.25, -0.2) is 8.78 Å². The Balaban J connectivity index is 1.86. The van der Waals surface area contributed by atoms with E-state index < -0.39 is 18.4 Å². The van der Waals surface area contributed by atoms with Crippen molar-refractivity contribution in [3.63, 3.8) is 0 Å². The maximum atomic E-state index is 12.9. The third-order valence-corrected chi connectivity index (χ3v) is 3.35. The van der Waals surface area contributed by atoms with Crippen LogP contribution in [-0.2, 0) is 4.79 Å². The molecule has 0 bridgehead atoms. The van der Waals surface area contributed by atoms with Gasteiger partial charge < -0.3 is 9.64 Å². The second kappa shape index (κ2) is 5.38. The molecule has 18 heavy (non-hydrogen) atoms. The highest BCUT2D eigenvalue weighted by Crippen LogP contribution is 2.26. The Kier molecular flexibility index (Phi) is 4.04. The van der Waals surface area contributed by atoms with Crippen molar-refractivity contribution >= 4 is 28.5 Å². The van der Waals surface area contributed by atoms with Gasteiger partial charge in [-0.1, -0.05) is 6.07 Å². The van der Waals surface area contributed by atoms with E-state index in [2.05, 4.69) is 22.6 Å². The van der Waals surface area contributed by atoms with Crippen molar-refractivity contribution in [3.8, 4) is 5.75 Å². The number of halogens is 3. The number of rotatable bonds is 3. The zero-order valence-electron chi connectivity index (χ0n) is 9.54. The Bertz CT molecular complexity index is 453. The average Bonchev–Trinajstić information content (AvgIpc) is 2.67. The minimum Gasteiger partial charge on any atom is -0.484 e. The van der Waals surface area contributed by atoms with E-state index in [0.717, 1.165) is 8.47 Å². The van der Waals surface area contributed by atoms with E-state index in [0.29, 0.717) is 5.75 Å². The highest BCUT2D eigenvalue weighted by molar-refractivity contribution is 14.1. The van der Waals surface area contributed by atoms with Crippen LogP contribution >= 0.6 is 22.6 Å². The smallest absolute Gasteiger partial charge is 0.267 e. The number of hydrogen-bond acceptors (Lipinski definition) is 2. The lowest BCUT2D eigenvalue weighted by Gasteiger charge is -2.16. The Hall–Kier alpha value is -0.920. The molecule has 0 saturated carbocycles. The molecule has 6 heteroatoms. The van der Waals surface area contributed by atoms with Crippen LogP contribution in [0.25, 0.3) is 0 Å². The van der Waals surface area contributed by atoms with Gasteiger partial charge >= 0.3 is 0 Å². The number of amides is 1. The van der Waals surface area contributed by atoms with Gasteiger partial charge in [0.1, 0.15) is 5.75 Å². The van der Waals surface area contributed by atoms with Gasteiger partial charge in [-0.3, -0.25) is 4.79 Å². The van der Waals surface area contributed by atoms with Crippen LogP contribution in [0.5, 0.6) is 5.75 Å². The molecular weight excluding hydrogens is 355 g/mol. The summed E-state index contributed by atoms with van der Waals surface area (Å²) in [5.41, 5.74) is 0. The molecule has 0 N–H and O–H groups in total. The summed E-state index contributed by atoms with van der Waals surface area (Å²) in [5, 5.41) is 0. The molecule has 98 valence electrons. The van der Waals surface area contributed by atoms with Crippen molar-refractivity contribution in [2.45, 2.75) is 12.3 Å². The first-order valence-corrected chi connectivity index (χ1v) is 6.58. The Morgan fingerprint density at radius 1 is 1.50 bits per heavy atom. The number of likely N-dealkylation sites (tertiary alicyclic amines) is 1. The molecule has 0 aliphatic carbocycles. The summed E-state index contributed by atoms with van der Waals surface area (Å²) in [6.45, 7) is -0.598. The standard InChI is InChI=1S/C12H12F2INO2/c13-12(14)4-5-16(8-12)11(17)7-18-10-3-1-2-9(15)6-10/h1-3,6H,4-5,7-8H2. The minimum atomic E-state index is -2.75. The van der Waals surface area contributed by atoms with E-state index in [9.17, 15) is 13.6 Å². The number of alkyl halides is 2. The van der Waals surface area contributed by atoms with Crippen molar-refractivity contribution in [1.29, 1.82) is 0 Å². The number of carbonyl (C=O) groups is 1. The van der Waals surface area contributed by atoms with E-state index in [-0.39, 0.29) is 19.6 Å². The number of hydrogen-bond donors (Lipinski definition) is 0. The third kappa shape index (κ3) is 3.54. The molecule has 0 aromatic heterocycles. The van der Waals surface area contributed by atoms with Gasteiger partial charge in [0, 0.05) is 16.5 Å². The second-order valence-corrected chi connectivity index (χ2v) is 5.41. The van der Waals surface area contributed by atoms with Gasteiger partial charge in [-0.15, -0.1) is 0 Å². The molecule has 0 spiro atoms. The van der Waals surface area contributed by atoms with Crippen molar-refractivity contribution in [2.75, 3.05) is 19.7 Å². The van der Waals surface area contributed by atoms with Crippen LogP contribution in [0.15, 0.2) is 24.3 Å². The van der Waals surface area contributed by atoms with Gasteiger partial charge in [-0.05, 0) is 40.8 Å². The lowest BCUT2D eigenvalue weighted by atomic mass is 10.3. The zero-order valence-corrected chi connectivity index (χ0v) is 11.7. The molecule has 0 atom stereocenters. The molecule has 1 heterocycles. The number of carbonyl (C=O) groups excluding carboxylic acids is 1. The first kappa shape index (κ1) is 13.5. The molecule has 1 aromatic carbocycles. The summed E-state index contributed by atoms with van der Waals surface area (Å²) in [5.74, 6) is -2.58. The summed E-state index contributed by atoms with van der Waals surface area (Å²) in [4.78, 5) is 12.8. The van der Waals surface area contributed by atoms with Crippen LogP contribution in [0.3, 0.4) is 0 Å². The van der Waals surface area contributed by atoms with E-state index in [1.165, 1.54) is 0 Å². The van der Waals surface area contributed by atoms with Crippen LogP contribution in [0.1, 0.15) is 6.42 Å². The summed E-state index contributed by atoms with van der Waals surface area (Å²) < 4.78 is 32.1. The maximum Gasteiger partial charge on any atom is 0.267 e. The summed E-state index contributed by atoms with van der Waals surface area (Å²) >= 11 is 2.13. The third-order valence-electron chi connectivity index (χ3n) is 2.68. The van der Waals surface area contributed by atoms with Gasteiger partial charge in [0.25, 0.3) is 11.8 Å². The first-order valence-electron chi connectivity index (χ1n) is 5.50. The highest BCUT2D eigenvalue weighted by Gasteiger charge is 2.40. The maximum absolute atomic E-state index is 12.9. The zero-order chi connectivity index (χ0) is 13.2. The lowest BCUT2D eigenvalue weighted by Crippen LogP contribution is -2.34. The van der Waals surface area contributed by atoms with Crippen molar-refractivity contribution < 1.29 is 18.3 Å². The predicted octanol–water partition coefficient (Wildman–Crippen LogP) is 2.54. The van der Waals surface area contributed by atoms with Gasteiger partial charge in [0.05, 0.1) is 6.54 Å². The van der Waals surface area contributed by atoms with Gasteiger partial charge in [0.2, 0.25) is 0 Å². The normalized spacial score (nSPS) is 17.8. The molecule has 1 aromatic rings. The van der Waals surface area contributed by atoms with Gasteiger partial charge in [0.15, 0.2) is 6.61 Å². The largest absolute Gasteiger partial charge is 0.484 e. The van der Waals surface area contributed by atoms with Gasteiger partial charge in [-0.2, -0.15) is 0 Å². The van der Waals surface area contributed by atoms with Crippen LogP contribution in [0, 0.1) is 3.57 Å². The lowest BCUT2D eigenvalue weighted by molar-refractivity contribution is -0.133. The Morgan fingerprint density at radius 2 is 2.28 bits per heavy atom. The molecule has 1 saturated heterocycles. The van der Waals surface area contributed by atoms with Crippen LogP contribution < -0.4 is 4.74 Å². The van der Waals surface area contributed by atoms with Crippen LogP contribution in [-0.4, -0.2) is 36.4 Å². The van der Waals surface area contributed by atoms with E-state index >= 15 is 0 Å². The monoisotopic (exact) mass is 367 g/mol. The molecule has 1 aliphatic rings. The minimum absolute atomic E-state index is 0.0987. The summed E-state index contributed by atoms with van der Waals surface area (Å²) in [6.07, 6.45) is -0.262. The predicted molar refractivity (Wildman–Crippen MR) is 70.8 cm³/mol. The van der Waals surface area contributed by atoms with Crippen molar-refractivity contribution in [2.24, 2.45) is 0 Å². The van der Waals surface area contributed by atoms with Crippen molar-refractivity contribution in [3.05, 3.63) is 27.8 Å². The highest BCUT2D eigenvalue weighted by atomic mass is 127. The molecule has 2 rings (SSSR count). The molecule has 1 aliphatic heterocycles. The molecule has 1 amide bonds. The molecule has 3 nitrogen and oxygen atoms in total. The summed E-state index contributed by atoms with van der Waals surface area (Å²) in [7, 11) is 0. The van der Waals surface area contributed by atoms with E-state index in [4.69, 9.17) is 4.74 Å². The van der Waals surface area contributed by atoms with Crippen LogP contribution in [0.4, 0.5) is 8.78 Å². The first-order chi connectivity index (χ1) is 8.46. The molecule has 1 fully saturated rings. The van der Waals surface area contributed by atoms with Crippen LogP contribution in [0.2, 0.25) is 0 Å². The van der Waals surface area contributed by atoms with Crippen molar-refractivity contribution in [1.82, 2.24) is 4.90 Å². The average molecular weight is 367 g/mol. The Morgan fingerprint density at radius 3 is 2.89 bits per heavy atom.